The molecular formula is C20H15NO2. The normalized spacial score (nSPS) is 10.6. The van der Waals surface area contributed by atoms with E-state index in [1.165, 1.54) is 0 Å². The number of ether oxygens (including phenoxy) is 1. The lowest BCUT2D eigenvalue weighted by molar-refractivity contribution is 0.112. The molecule has 112 valence electrons. The van der Waals surface area contributed by atoms with Crippen LogP contribution in [0.1, 0.15) is 15.9 Å². The Hall–Kier alpha value is -3.20. The summed E-state index contributed by atoms with van der Waals surface area (Å²) in [5, 5.41) is 0. The zero-order valence-electron chi connectivity index (χ0n) is 12.4. The molecule has 3 nitrogen and oxygen atoms in total. The Morgan fingerprint density at radius 1 is 0.739 bits per heavy atom. The third kappa shape index (κ3) is 4.14. The first-order valence-electron chi connectivity index (χ1n) is 7.26. The fourth-order valence-electron chi connectivity index (χ4n) is 2.07. The molecule has 0 N–H and O–H groups in total. The largest absolute Gasteiger partial charge is 0.457 e. The highest BCUT2D eigenvalue weighted by Gasteiger charge is 1.97. The van der Waals surface area contributed by atoms with Crippen molar-refractivity contribution < 1.29 is 9.53 Å². The van der Waals surface area contributed by atoms with E-state index < -0.39 is 0 Å². The van der Waals surface area contributed by atoms with Crippen molar-refractivity contribution in [3.05, 3.63) is 90.0 Å². The molecule has 3 aromatic rings. The van der Waals surface area contributed by atoms with Crippen molar-refractivity contribution in [1.82, 2.24) is 0 Å². The summed E-state index contributed by atoms with van der Waals surface area (Å²) in [5.41, 5.74) is 2.38. The van der Waals surface area contributed by atoms with Gasteiger partial charge in [-0.1, -0.05) is 30.3 Å². The van der Waals surface area contributed by atoms with Gasteiger partial charge < -0.3 is 4.74 Å². The Kier molecular flexibility index (Phi) is 4.60. The number of nitrogens with zero attached hydrogens (tertiary/aromatic N) is 1. The fourth-order valence-corrected chi connectivity index (χ4v) is 2.07. The summed E-state index contributed by atoms with van der Waals surface area (Å²) in [7, 11) is 0. The number of benzene rings is 3. The molecule has 3 rings (SSSR count). The van der Waals surface area contributed by atoms with Gasteiger partial charge in [0.05, 0.1) is 5.69 Å². The molecule has 0 fully saturated rings. The van der Waals surface area contributed by atoms with Gasteiger partial charge in [-0.3, -0.25) is 9.79 Å². The number of rotatable bonds is 5. The maximum Gasteiger partial charge on any atom is 0.150 e. The Morgan fingerprint density at radius 3 is 2.22 bits per heavy atom. The highest BCUT2D eigenvalue weighted by atomic mass is 16.5. The van der Waals surface area contributed by atoms with Gasteiger partial charge >= 0.3 is 0 Å². The maximum atomic E-state index is 10.6. The minimum atomic E-state index is 0.641. The lowest BCUT2D eigenvalue weighted by atomic mass is 10.2. The summed E-state index contributed by atoms with van der Waals surface area (Å²) in [6.07, 6.45) is 2.59. The molecule has 0 amide bonds. The van der Waals surface area contributed by atoms with E-state index in [1.807, 2.05) is 66.7 Å². The number of aldehydes is 1. The molecule has 0 spiro atoms. The lowest BCUT2D eigenvalue weighted by Crippen LogP contribution is -1.86. The van der Waals surface area contributed by atoms with Crippen molar-refractivity contribution in [3.8, 4) is 11.5 Å². The Bertz CT molecular complexity index is 809. The number of aliphatic imine (C=N–C) groups is 1. The smallest absolute Gasteiger partial charge is 0.150 e. The molecule has 23 heavy (non-hydrogen) atoms. The molecule has 0 unspecified atom stereocenters. The van der Waals surface area contributed by atoms with E-state index in [0.717, 1.165) is 29.0 Å². The van der Waals surface area contributed by atoms with E-state index in [4.69, 9.17) is 4.74 Å². The maximum absolute atomic E-state index is 10.6. The van der Waals surface area contributed by atoms with Crippen LogP contribution in [-0.2, 0) is 0 Å². The summed E-state index contributed by atoms with van der Waals surface area (Å²) in [4.78, 5) is 15.0. The van der Waals surface area contributed by atoms with Crippen LogP contribution in [0.3, 0.4) is 0 Å². The molecular weight excluding hydrogens is 286 g/mol. The number of carbonyl (C=O) groups is 1. The van der Waals surface area contributed by atoms with Crippen LogP contribution in [0.25, 0.3) is 0 Å². The van der Waals surface area contributed by atoms with Gasteiger partial charge in [0.2, 0.25) is 0 Å². The minimum Gasteiger partial charge on any atom is -0.457 e. The predicted octanol–water partition coefficient (Wildman–Crippen LogP) is 5.04. The molecule has 0 heterocycles. The summed E-state index contributed by atoms with van der Waals surface area (Å²) in [5.74, 6) is 1.56. The summed E-state index contributed by atoms with van der Waals surface area (Å²) >= 11 is 0. The van der Waals surface area contributed by atoms with Crippen LogP contribution in [0, 0.1) is 0 Å². The molecule has 0 aliphatic heterocycles. The molecule has 3 aromatic carbocycles. The van der Waals surface area contributed by atoms with E-state index in [0.29, 0.717) is 5.56 Å². The van der Waals surface area contributed by atoms with E-state index >= 15 is 0 Å². The second-order valence-electron chi connectivity index (χ2n) is 4.96. The molecule has 3 heteroatoms. The number of para-hydroxylation sites is 1. The van der Waals surface area contributed by atoms with Gasteiger partial charge in [0.1, 0.15) is 17.8 Å². The lowest BCUT2D eigenvalue weighted by Gasteiger charge is -2.05. The van der Waals surface area contributed by atoms with Crippen molar-refractivity contribution in [1.29, 1.82) is 0 Å². The molecule has 0 radical (unpaired) electrons. The third-order valence-corrected chi connectivity index (χ3v) is 3.23. The van der Waals surface area contributed by atoms with Crippen molar-refractivity contribution in [3.63, 3.8) is 0 Å². The van der Waals surface area contributed by atoms with E-state index in [-0.39, 0.29) is 0 Å². The Labute approximate surface area is 134 Å². The fraction of sp³-hybridized carbons (Fsp3) is 0. The molecule has 0 aromatic heterocycles. The first-order valence-corrected chi connectivity index (χ1v) is 7.26. The molecule has 0 aliphatic carbocycles. The SMILES string of the molecule is O=Cc1ccc(N=Cc2cccc(Oc3ccccc3)c2)cc1. The topological polar surface area (TPSA) is 38.7 Å². The van der Waals surface area contributed by atoms with Crippen molar-refractivity contribution >= 4 is 18.2 Å². The van der Waals surface area contributed by atoms with Crippen LogP contribution < -0.4 is 4.74 Å². The van der Waals surface area contributed by atoms with Crippen LogP contribution in [0.4, 0.5) is 5.69 Å². The van der Waals surface area contributed by atoms with E-state index in [2.05, 4.69) is 4.99 Å². The van der Waals surface area contributed by atoms with Gasteiger partial charge in [-0.25, -0.2) is 0 Å². The molecule has 0 saturated carbocycles. The molecule has 0 saturated heterocycles. The van der Waals surface area contributed by atoms with Crippen molar-refractivity contribution in [2.24, 2.45) is 4.99 Å². The average Bonchev–Trinajstić information content (AvgIpc) is 2.62. The van der Waals surface area contributed by atoms with Crippen LogP contribution in [0.2, 0.25) is 0 Å². The first-order chi connectivity index (χ1) is 11.3. The van der Waals surface area contributed by atoms with Gasteiger partial charge in [-0.2, -0.15) is 0 Å². The van der Waals surface area contributed by atoms with Crippen molar-refractivity contribution in [2.75, 3.05) is 0 Å². The minimum absolute atomic E-state index is 0.641. The van der Waals surface area contributed by atoms with Crippen LogP contribution in [0.5, 0.6) is 11.5 Å². The number of hydrogen-bond donors (Lipinski definition) is 0. The number of hydrogen-bond acceptors (Lipinski definition) is 3. The summed E-state index contributed by atoms with van der Waals surface area (Å²) in [6.45, 7) is 0. The summed E-state index contributed by atoms with van der Waals surface area (Å²) in [6, 6.07) is 24.5. The standard InChI is InChI=1S/C20H15NO2/c22-15-16-9-11-18(12-10-16)21-14-17-5-4-8-20(13-17)23-19-6-2-1-3-7-19/h1-15H. The van der Waals surface area contributed by atoms with Gasteiger partial charge in [0.25, 0.3) is 0 Å². The quantitative estimate of drug-likeness (QED) is 0.489. The van der Waals surface area contributed by atoms with Crippen LogP contribution in [-0.4, -0.2) is 12.5 Å². The van der Waals surface area contributed by atoms with Crippen LogP contribution in [0.15, 0.2) is 83.9 Å². The monoisotopic (exact) mass is 301 g/mol. The predicted molar refractivity (Wildman–Crippen MR) is 92.0 cm³/mol. The van der Waals surface area contributed by atoms with Crippen LogP contribution >= 0.6 is 0 Å². The second kappa shape index (κ2) is 7.18. The van der Waals surface area contributed by atoms with E-state index in [1.54, 1.807) is 18.3 Å². The Morgan fingerprint density at radius 2 is 1.48 bits per heavy atom. The zero-order chi connectivity index (χ0) is 15.9. The van der Waals surface area contributed by atoms with Gasteiger partial charge in [-0.05, 0) is 54.1 Å². The van der Waals surface area contributed by atoms with E-state index in [9.17, 15) is 4.79 Å². The molecule has 0 aliphatic rings. The second-order valence-corrected chi connectivity index (χ2v) is 4.96. The van der Waals surface area contributed by atoms with Gasteiger partial charge in [0, 0.05) is 11.8 Å². The average molecular weight is 301 g/mol. The van der Waals surface area contributed by atoms with Gasteiger partial charge in [0.15, 0.2) is 0 Å². The van der Waals surface area contributed by atoms with Crippen molar-refractivity contribution in [2.45, 2.75) is 0 Å². The highest BCUT2D eigenvalue weighted by Crippen LogP contribution is 2.21. The zero-order valence-corrected chi connectivity index (χ0v) is 12.4. The van der Waals surface area contributed by atoms with Gasteiger partial charge in [-0.15, -0.1) is 0 Å². The number of carbonyl (C=O) groups excluding carboxylic acids is 1. The summed E-state index contributed by atoms with van der Waals surface area (Å²) < 4.78 is 5.80. The Balaban J connectivity index is 1.74. The molecule has 0 bridgehead atoms. The molecule has 0 atom stereocenters. The first kappa shape index (κ1) is 14.7. The third-order valence-electron chi connectivity index (χ3n) is 3.23. The highest BCUT2D eigenvalue weighted by molar-refractivity contribution is 5.83.